The first kappa shape index (κ1) is 21.4. The van der Waals surface area contributed by atoms with Crippen LogP contribution in [0.5, 0.6) is 0 Å². The van der Waals surface area contributed by atoms with Gasteiger partial charge in [0.2, 0.25) is 5.91 Å². The smallest absolute Gasteiger partial charge is 0.272 e. The van der Waals surface area contributed by atoms with Gasteiger partial charge < -0.3 is 15.5 Å². The van der Waals surface area contributed by atoms with Gasteiger partial charge in [-0.2, -0.15) is 5.10 Å². The second-order valence-corrected chi connectivity index (χ2v) is 8.85. The molecule has 9 heteroatoms. The number of benzene rings is 1. The Balaban J connectivity index is 1.50. The summed E-state index contributed by atoms with van der Waals surface area (Å²) in [5.74, 6) is -0.941. The van der Waals surface area contributed by atoms with Gasteiger partial charge in [0.1, 0.15) is 11.2 Å². The van der Waals surface area contributed by atoms with Crippen molar-refractivity contribution >= 4 is 29.3 Å². The first-order valence-electron chi connectivity index (χ1n) is 10.5. The first-order valence-corrected chi connectivity index (χ1v) is 10.9. The molecule has 1 aliphatic heterocycles. The number of halogens is 1. The van der Waals surface area contributed by atoms with Crippen molar-refractivity contribution in [2.75, 3.05) is 7.05 Å². The van der Waals surface area contributed by atoms with Gasteiger partial charge >= 0.3 is 0 Å². The molecule has 1 saturated carbocycles. The van der Waals surface area contributed by atoms with E-state index in [2.05, 4.69) is 15.7 Å². The summed E-state index contributed by atoms with van der Waals surface area (Å²) >= 11 is 6.13. The molecular weight excluding hydrogens is 418 g/mol. The number of aromatic nitrogens is 2. The molecule has 0 radical (unpaired) electrons. The highest BCUT2D eigenvalue weighted by molar-refractivity contribution is 6.31. The Bertz CT molecular complexity index is 1030. The minimum Gasteiger partial charge on any atom is -0.351 e. The molecule has 2 N–H and O–H groups in total. The molecule has 2 aliphatic rings. The molecule has 2 aromatic rings. The lowest BCUT2D eigenvalue weighted by molar-refractivity contribution is -0.133. The Morgan fingerprint density at radius 2 is 1.97 bits per heavy atom. The second-order valence-electron chi connectivity index (χ2n) is 8.44. The highest BCUT2D eigenvalue weighted by atomic mass is 35.5. The fraction of sp³-hybridized carbons (Fsp3) is 0.455. The third-order valence-corrected chi connectivity index (χ3v) is 6.68. The van der Waals surface area contributed by atoms with E-state index in [1.807, 2.05) is 18.2 Å². The largest absolute Gasteiger partial charge is 0.351 e. The molecular formula is C22H26ClN5O3. The predicted molar refractivity (Wildman–Crippen MR) is 116 cm³/mol. The van der Waals surface area contributed by atoms with E-state index in [9.17, 15) is 14.4 Å². The number of rotatable bonds is 5. The summed E-state index contributed by atoms with van der Waals surface area (Å²) in [6, 6.07) is 8.86. The Hall–Kier alpha value is -2.87. The number of carbonyl (C=O) groups is 3. The predicted octanol–water partition coefficient (Wildman–Crippen LogP) is 2.37. The van der Waals surface area contributed by atoms with Crippen LogP contribution >= 0.6 is 11.6 Å². The van der Waals surface area contributed by atoms with Crippen LogP contribution in [0.15, 0.2) is 30.3 Å². The molecule has 1 aromatic carbocycles. The van der Waals surface area contributed by atoms with Gasteiger partial charge in [-0.3, -0.25) is 19.1 Å². The van der Waals surface area contributed by atoms with E-state index in [1.165, 1.54) is 15.6 Å². The van der Waals surface area contributed by atoms with Crippen LogP contribution in [0.4, 0.5) is 0 Å². The number of fused-ring (bicyclic) bond motifs is 1. The van der Waals surface area contributed by atoms with Crippen molar-refractivity contribution in [1.82, 2.24) is 25.3 Å². The van der Waals surface area contributed by atoms with Crippen LogP contribution in [0.1, 0.15) is 59.1 Å². The van der Waals surface area contributed by atoms with Gasteiger partial charge in [-0.25, -0.2) is 0 Å². The van der Waals surface area contributed by atoms with E-state index < -0.39 is 11.4 Å². The van der Waals surface area contributed by atoms with Crippen LogP contribution in [0.2, 0.25) is 5.02 Å². The van der Waals surface area contributed by atoms with Crippen LogP contribution in [0.3, 0.4) is 0 Å². The summed E-state index contributed by atoms with van der Waals surface area (Å²) in [5, 5.41) is 10.7. The number of nitrogens with zero attached hydrogens (tertiary/aromatic N) is 3. The average Bonchev–Trinajstić information content (AvgIpc) is 3.41. The summed E-state index contributed by atoms with van der Waals surface area (Å²) < 4.78 is 1.46. The topological polar surface area (TPSA) is 96.3 Å². The van der Waals surface area contributed by atoms with E-state index in [4.69, 9.17) is 11.6 Å². The quantitative estimate of drug-likeness (QED) is 0.741. The van der Waals surface area contributed by atoms with E-state index in [0.29, 0.717) is 5.02 Å². The summed E-state index contributed by atoms with van der Waals surface area (Å²) in [6.07, 6.45) is 4.13. The zero-order chi connectivity index (χ0) is 22.2. The highest BCUT2D eigenvalue weighted by Gasteiger charge is 2.46. The van der Waals surface area contributed by atoms with Crippen molar-refractivity contribution in [1.29, 1.82) is 0 Å². The van der Waals surface area contributed by atoms with Gasteiger partial charge in [-0.15, -0.1) is 0 Å². The van der Waals surface area contributed by atoms with Crippen LogP contribution in [0.25, 0.3) is 0 Å². The minimum atomic E-state index is -1.08. The summed E-state index contributed by atoms with van der Waals surface area (Å²) in [7, 11) is 1.62. The fourth-order valence-electron chi connectivity index (χ4n) is 4.16. The van der Waals surface area contributed by atoms with Crippen molar-refractivity contribution in [2.24, 2.45) is 0 Å². The van der Waals surface area contributed by atoms with Crippen LogP contribution in [0, 0.1) is 0 Å². The van der Waals surface area contributed by atoms with E-state index >= 15 is 0 Å². The number of amides is 3. The number of carbonyl (C=O) groups excluding carboxylic acids is 3. The Kier molecular flexibility index (Phi) is 5.75. The zero-order valence-electron chi connectivity index (χ0n) is 17.7. The minimum absolute atomic E-state index is 0.129. The van der Waals surface area contributed by atoms with Crippen LogP contribution in [-0.4, -0.2) is 51.0 Å². The molecule has 1 fully saturated rings. The maximum atomic E-state index is 13.0. The fourth-order valence-corrected chi connectivity index (χ4v) is 4.36. The average molecular weight is 444 g/mol. The zero-order valence-corrected chi connectivity index (χ0v) is 18.4. The summed E-state index contributed by atoms with van der Waals surface area (Å²) in [5.41, 5.74) is 0.124. The highest BCUT2D eigenvalue weighted by Crippen LogP contribution is 2.27. The lowest BCUT2D eigenvalue weighted by atomic mass is 9.95. The van der Waals surface area contributed by atoms with Crippen molar-refractivity contribution in [3.8, 4) is 0 Å². The Morgan fingerprint density at radius 1 is 1.26 bits per heavy atom. The first-order chi connectivity index (χ1) is 14.8. The number of hydrogen-bond donors (Lipinski definition) is 2. The van der Waals surface area contributed by atoms with Gasteiger partial charge in [0.15, 0.2) is 5.69 Å². The second kappa shape index (κ2) is 8.34. The lowest BCUT2D eigenvalue weighted by Crippen LogP contribution is -2.63. The van der Waals surface area contributed by atoms with Crippen molar-refractivity contribution < 1.29 is 14.4 Å². The molecule has 2 heterocycles. The Morgan fingerprint density at radius 3 is 2.68 bits per heavy atom. The van der Waals surface area contributed by atoms with Crippen molar-refractivity contribution in [3.63, 3.8) is 0 Å². The van der Waals surface area contributed by atoms with Gasteiger partial charge in [-0.05, 0) is 31.4 Å². The lowest BCUT2D eigenvalue weighted by Gasteiger charge is -2.41. The van der Waals surface area contributed by atoms with Gasteiger partial charge in [0.05, 0.1) is 6.54 Å². The molecule has 1 atom stereocenters. The van der Waals surface area contributed by atoms with E-state index in [-0.39, 0.29) is 42.3 Å². The molecule has 0 bridgehead atoms. The molecule has 8 nitrogen and oxygen atoms in total. The summed E-state index contributed by atoms with van der Waals surface area (Å²) in [4.78, 5) is 40.1. The molecule has 0 unspecified atom stereocenters. The normalized spacial score (nSPS) is 21.1. The van der Waals surface area contributed by atoms with Crippen molar-refractivity contribution in [3.05, 3.63) is 52.3 Å². The number of nitrogens with one attached hydrogen (secondary N) is 2. The van der Waals surface area contributed by atoms with Crippen molar-refractivity contribution in [2.45, 2.75) is 57.3 Å². The molecule has 1 aliphatic carbocycles. The molecule has 31 heavy (non-hydrogen) atoms. The van der Waals surface area contributed by atoms with Crippen LogP contribution in [-0.2, 0) is 17.9 Å². The maximum absolute atomic E-state index is 13.0. The SMILES string of the molecule is CN1C(=O)c2cc(C(=O)NCc3ccccc3Cl)nn2C[C@]1(C)C(=O)NC1CCCC1. The van der Waals surface area contributed by atoms with E-state index in [0.717, 1.165) is 31.2 Å². The molecule has 0 spiro atoms. The van der Waals surface area contributed by atoms with E-state index in [1.54, 1.807) is 20.0 Å². The molecule has 4 rings (SSSR count). The Labute approximate surface area is 185 Å². The third kappa shape index (κ3) is 4.04. The summed E-state index contributed by atoms with van der Waals surface area (Å²) in [6.45, 7) is 2.16. The molecule has 1 aromatic heterocycles. The monoisotopic (exact) mass is 443 g/mol. The molecule has 164 valence electrons. The van der Waals surface area contributed by atoms with Crippen LogP contribution < -0.4 is 10.6 Å². The van der Waals surface area contributed by atoms with Gasteiger partial charge in [0.25, 0.3) is 11.8 Å². The molecule has 3 amide bonds. The van der Waals surface area contributed by atoms with Gasteiger partial charge in [-0.1, -0.05) is 42.6 Å². The molecule has 0 saturated heterocycles. The maximum Gasteiger partial charge on any atom is 0.272 e. The van der Waals surface area contributed by atoms with Gasteiger partial charge in [0, 0.05) is 30.7 Å². The third-order valence-electron chi connectivity index (χ3n) is 6.31. The number of hydrogen-bond acceptors (Lipinski definition) is 4. The number of likely N-dealkylation sites (N-methyl/N-ethyl adjacent to an activating group) is 1. The standard InChI is InChI=1S/C22H26ClN5O3/c1-22(21(31)25-15-8-4-5-9-15)13-28-18(20(30)27(22)2)11-17(26-28)19(29)24-12-14-7-3-6-10-16(14)23/h3,6-7,10-11,15H,4-5,8-9,12-13H2,1-2H3,(H,24,29)(H,25,31)/t22-/m1/s1.